The van der Waals surface area contributed by atoms with E-state index in [4.69, 9.17) is 14.2 Å². The predicted molar refractivity (Wildman–Crippen MR) is 120 cm³/mol. The first kappa shape index (κ1) is 22.9. The maximum Gasteiger partial charge on any atom is 0.191 e. The molecule has 7 heteroatoms. The summed E-state index contributed by atoms with van der Waals surface area (Å²) < 4.78 is 16.1. The minimum atomic E-state index is 0. The highest BCUT2D eigenvalue weighted by Gasteiger charge is 2.00. The third-order valence-electron chi connectivity index (χ3n) is 3.63. The van der Waals surface area contributed by atoms with E-state index in [9.17, 15) is 0 Å². The normalized spacial score (nSPS) is 10.6. The van der Waals surface area contributed by atoms with E-state index < -0.39 is 0 Å². The third kappa shape index (κ3) is 8.38. The number of benzene rings is 2. The highest BCUT2D eigenvalue weighted by molar-refractivity contribution is 14.0. The van der Waals surface area contributed by atoms with Crippen molar-refractivity contribution in [3.05, 3.63) is 54.1 Å². The Balaban J connectivity index is 0.00000364. The van der Waals surface area contributed by atoms with E-state index in [-0.39, 0.29) is 24.0 Å². The van der Waals surface area contributed by atoms with Crippen molar-refractivity contribution < 1.29 is 14.2 Å². The van der Waals surface area contributed by atoms with Gasteiger partial charge in [0.15, 0.2) is 5.96 Å². The molecule has 2 rings (SSSR count). The van der Waals surface area contributed by atoms with Gasteiger partial charge < -0.3 is 24.8 Å². The first-order valence-corrected chi connectivity index (χ1v) is 8.67. The zero-order valence-corrected chi connectivity index (χ0v) is 18.4. The Morgan fingerprint density at radius 2 is 1.63 bits per heavy atom. The van der Waals surface area contributed by atoms with Gasteiger partial charge in [0.25, 0.3) is 0 Å². The van der Waals surface area contributed by atoms with Crippen LogP contribution in [0.3, 0.4) is 0 Å². The van der Waals surface area contributed by atoms with Crippen molar-refractivity contribution in [1.29, 1.82) is 0 Å². The molecule has 0 aromatic heterocycles. The van der Waals surface area contributed by atoms with Crippen molar-refractivity contribution in [1.82, 2.24) is 10.6 Å². The van der Waals surface area contributed by atoms with E-state index in [0.717, 1.165) is 35.3 Å². The van der Waals surface area contributed by atoms with E-state index in [1.165, 1.54) is 0 Å². The Morgan fingerprint density at radius 3 is 2.30 bits per heavy atom. The van der Waals surface area contributed by atoms with Crippen LogP contribution >= 0.6 is 24.0 Å². The molecule has 0 saturated heterocycles. The van der Waals surface area contributed by atoms with Crippen molar-refractivity contribution in [3.63, 3.8) is 0 Å². The molecular formula is C20H28IN3O3. The summed E-state index contributed by atoms with van der Waals surface area (Å²) in [6.45, 7) is 4.60. The van der Waals surface area contributed by atoms with Crippen LogP contribution in [0, 0.1) is 0 Å². The van der Waals surface area contributed by atoms with Gasteiger partial charge in [-0.3, -0.25) is 0 Å². The lowest BCUT2D eigenvalue weighted by Crippen LogP contribution is -2.39. The predicted octanol–water partition coefficient (Wildman–Crippen LogP) is 3.46. The Morgan fingerprint density at radius 1 is 0.926 bits per heavy atom. The molecule has 0 saturated carbocycles. The van der Waals surface area contributed by atoms with Gasteiger partial charge in [0.2, 0.25) is 0 Å². The second kappa shape index (κ2) is 13.1. The maximum atomic E-state index is 5.73. The quantitative estimate of drug-likeness (QED) is 0.247. The van der Waals surface area contributed by atoms with Crippen LogP contribution in [0.5, 0.6) is 17.2 Å². The molecule has 2 N–H and O–H groups in total. The molecule has 0 heterocycles. The van der Waals surface area contributed by atoms with E-state index in [1.54, 1.807) is 14.2 Å². The number of rotatable bonds is 9. The largest absolute Gasteiger partial charge is 0.497 e. The maximum absolute atomic E-state index is 5.73. The standard InChI is InChI=1S/C20H27N3O3.HI/c1-4-21-20(23-15-16-8-10-17(24-2)11-9-16)22-12-13-26-19-7-5-6-18(14-19)25-3;/h5-11,14H,4,12-13,15H2,1-3H3,(H2,21,22,23);1H. The lowest BCUT2D eigenvalue weighted by atomic mass is 10.2. The van der Waals surface area contributed by atoms with Crippen LogP contribution in [0.15, 0.2) is 53.5 Å². The Labute approximate surface area is 178 Å². The number of methoxy groups -OCH3 is 2. The minimum absolute atomic E-state index is 0. The molecule has 0 radical (unpaired) electrons. The Hall–Kier alpha value is -2.16. The Kier molecular flexibility index (Phi) is 11.1. The van der Waals surface area contributed by atoms with Gasteiger partial charge >= 0.3 is 0 Å². The number of aliphatic imine (C=N–C) groups is 1. The van der Waals surface area contributed by atoms with Crippen molar-refractivity contribution >= 4 is 29.9 Å². The van der Waals surface area contributed by atoms with Gasteiger partial charge in [0.05, 0.1) is 27.3 Å². The molecule has 0 aliphatic heterocycles. The molecule has 0 aliphatic carbocycles. The molecule has 148 valence electrons. The minimum Gasteiger partial charge on any atom is -0.497 e. The van der Waals surface area contributed by atoms with E-state index >= 15 is 0 Å². The van der Waals surface area contributed by atoms with Gasteiger partial charge in [-0.1, -0.05) is 18.2 Å². The second-order valence-electron chi connectivity index (χ2n) is 5.50. The summed E-state index contributed by atoms with van der Waals surface area (Å²) >= 11 is 0. The average Bonchev–Trinajstić information content (AvgIpc) is 2.69. The number of ether oxygens (including phenoxy) is 3. The van der Waals surface area contributed by atoms with E-state index in [1.807, 2.05) is 55.5 Å². The second-order valence-corrected chi connectivity index (χ2v) is 5.50. The fraction of sp³-hybridized carbons (Fsp3) is 0.350. The van der Waals surface area contributed by atoms with Gasteiger partial charge in [0, 0.05) is 12.6 Å². The lowest BCUT2D eigenvalue weighted by Gasteiger charge is -2.12. The monoisotopic (exact) mass is 485 g/mol. The molecule has 2 aromatic carbocycles. The number of guanidine groups is 1. The SMILES string of the molecule is CCNC(=NCc1ccc(OC)cc1)NCCOc1cccc(OC)c1.I. The molecule has 0 atom stereocenters. The molecule has 0 unspecified atom stereocenters. The van der Waals surface area contributed by atoms with Gasteiger partial charge in [0.1, 0.15) is 23.9 Å². The molecule has 0 spiro atoms. The fourth-order valence-corrected chi connectivity index (χ4v) is 2.27. The van der Waals surface area contributed by atoms with Crippen LogP contribution < -0.4 is 24.8 Å². The molecule has 0 bridgehead atoms. The van der Waals surface area contributed by atoms with Crippen LogP contribution in [0.25, 0.3) is 0 Å². The lowest BCUT2D eigenvalue weighted by molar-refractivity contribution is 0.319. The molecular weight excluding hydrogens is 457 g/mol. The van der Waals surface area contributed by atoms with Crippen LogP contribution in [0.4, 0.5) is 0 Å². The third-order valence-corrected chi connectivity index (χ3v) is 3.63. The summed E-state index contributed by atoms with van der Waals surface area (Å²) in [7, 11) is 3.30. The average molecular weight is 485 g/mol. The number of halogens is 1. The summed E-state index contributed by atoms with van der Waals surface area (Å²) in [5.41, 5.74) is 1.12. The van der Waals surface area contributed by atoms with Crippen LogP contribution in [0.1, 0.15) is 12.5 Å². The van der Waals surface area contributed by atoms with E-state index in [0.29, 0.717) is 19.7 Å². The zero-order valence-electron chi connectivity index (χ0n) is 16.0. The summed E-state index contributed by atoms with van der Waals surface area (Å²) in [5, 5.41) is 6.50. The molecule has 2 aromatic rings. The summed E-state index contributed by atoms with van der Waals surface area (Å²) in [4.78, 5) is 4.59. The Bertz CT molecular complexity index is 693. The zero-order chi connectivity index (χ0) is 18.6. The number of nitrogens with one attached hydrogen (secondary N) is 2. The number of hydrogen-bond donors (Lipinski definition) is 2. The highest BCUT2D eigenvalue weighted by atomic mass is 127. The first-order chi connectivity index (χ1) is 12.7. The highest BCUT2D eigenvalue weighted by Crippen LogP contribution is 2.18. The molecule has 0 aliphatic rings. The summed E-state index contributed by atoms with van der Waals surface area (Å²) in [6.07, 6.45) is 0. The van der Waals surface area contributed by atoms with Crippen LogP contribution in [0.2, 0.25) is 0 Å². The van der Waals surface area contributed by atoms with E-state index in [2.05, 4.69) is 15.6 Å². The molecule has 6 nitrogen and oxygen atoms in total. The van der Waals surface area contributed by atoms with Crippen molar-refractivity contribution in [2.75, 3.05) is 33.9 Å². The topological polar surface area (TPSA) is 64.1 Å². The summed E-state index contributed by atoms with van der Waals surface area (Å²) in [5.74, 6) is 3.17. The number of nitrogens with zero attached hydrogens (tertiary/aromatic N) is 1. The molecule has 0 amide bonds. The van der Waals surface area contributed by atoms with Crippen molar-refractivity contribution in [3.8, 4) is 17.2 Å². The fourth-order valence-electron chi connectivity index (χ4n) is 2.27. The van der Waals surface area contributed by atoms with Crippen LogP contribution in [-0.4, -0.2) is 39.9 Å². The number of hydrogen-bond acceptors (Lipinski definition) is 4. The van der Waals surface area contributed by atoms with Gasteiger partial charge in [-0.15, -0.1) is 24.0 Å². The van der Waals surface area contributed by atoms with Crippen molar-refractivity contribution in [2.45, 2.75) is 13.5 Å². The van der Waals surface area contributed by atoms with Crippen LogP contribution in [-0.2, 0) is 6.54 Å². The molecule has 0 fully saturated rings. The first-order valence-electron chi connectivity index (χ1n) is 8.67. The van der Waals surface area contributed by atoms with Gasteiger partial charge in [-0.05, 0) is 36.8 Å². The smallest absolute Gasteiger partial charge is 0.191 e. The van der Waals surface area contributed by atoms with Gasteiger partial charge in [-0.2, -0.15) is 0 Å². The van der Waals surface area contributed by atoms with Gasteiger partial charge in [-0.25, -0.2) is 4.99 Å². The summed E-state index contributed by atoms with van der Waals surface area (Å²) in [6, 6.07) is 15.5. The molecule has 27 heavy (non-hydrogen) atoms. The van der Waals surface area contributed by atoms with Crippen molar-refractivity contribution in [2.24, 2.45) is 4.99 Å².